The summed E-state index contributed by atoms with van der Waals surface area (Å²) in [6, 6.07) is 0. The van der Waals surface area contributed by atoms with Crippen molar-refractivity contribution in [1.82, 2.24) is 6.15 Å². The Bertz CT molecular complexity index is 60.2. The van der Waals surface area contributed by atoms with Crippen LogP contribution in [-0.4, -0.2) is 60.8 Å². The second-order valence-electron chi connectivity index (χ2n) is 0.513. The van der Waals surface area contributed by atoms with Crippen LogP contribution in [0.25, 0.3) is 0 Å². The van der Waals surface area contributed by atoms with Crippen molar-refractivity contribution in [1.29, 1.82) is 0 Å². The van der Waals surface area contributed by atoms with Crippen LogP contribution >= 0.6 is 7.82 Å². The number of rotatable bonds is 0. The maximum atomic E-state index is 8.88. The van der Waals surface area contributed by atoms with E-state index in [4.69, 9.17) is 19.2 Å². The second-order valence-corrected chi connectivity index (χ2v) is 1.54. The van der Waals surface area contributed by atoms with Gasteiger partial charge in [-0.2, -0.15) is 0 Å². The van der Waals surface area contributed by atoms with Crippen LogP contribution in [0.3, 0.4) is 0 Å². The molecule has 0 bridgehead atoms. The minimum Gasteiger partial charge on any atom is -0.344 e. The molecule has 0 aromatic rings. The van der Waals surface area contributed by atoms with Gasteiger partial charge < -0.3 is 20.8 Å². The Hall–Kier alpha value is 1.60. The van der Waals surface area contributed by atoms with Gasteiger partial charge in [0.25, 0.3) is 0 Å². The molecule has 0 aromatic heterocycles. The zero-order chi connectivity index (χ0) is 4.50. The van der Waals surface area contributed by atoms with Gasteiger partial charge in [-0.25, -0.2) is 4.57 Å². The van der Waals surface area contributed by atoms with Gasteiger partial charge in [0.05, 0.1) is 0 Å². The molecule has 8 heavy (non-hydrogen) atoms. The van der Waals surface area contributed by atoms with E-state index in [0.29, 0.717) is 0 Å². The quantitative estimate of drug-likeness (QED) is 0.256. The average Bonchev–Trinajstić information content (AvgIpc) is 0.722. The third kappa shape index (κ3) is 129. The molecule has 5 nitrogen and oxygen atoms in total. The van der Waals surface area contributed by atoms with E-state index in [0.717, 1.165) is 0 Å². The van der Waals surface area contributed by atoms with Crippen LogP contribution in [0.2, 0.25) is 0 Å². The SMILES string of the molecule is N.O=P(O)(O)O.[Mg+2].[Mg+2]. The smallest absolute Gasteiger partial charge is 0.344 e. The summed E-state index contributed by atoms with van der Waals surface area (Å²) in [5, 5.41) is 0. The summed E-state index contributed by atoms with van der Waals surface area (Å²) in [4.78, 5) is 21.6. The van der Waals surface area contributed by atoms with Crippen LogP contribution in [0.5, 0.6) is 0 Å². The minimum absolute atomic E-state index is 0. The predicted octanol–water partition coefficient (Wildman–Crippen LogP) is -1.53. The van der Waals surface area contributed by atoms with E-state index in [1.807, 2.05) is 0 Å². The molecule has 0 spiro atoms. The summed E-state index contributed by atoms with van der Waals surface area (Å²) in [6.45, 7) is 0. The molecule has 0 rings (SSSR count). The van der Waals surface area contributed by atoms with Crippen molar-refractivity contribution in [2.75, 3.05) is 0 Å². The second kappa shape index (κ2) is 8.60. The molecule has 0 saturated heterocycles. The summed E-state index contributed by atoms with van der Waals surface area (Å²) >= 11 is 0. The standard InChI is InChI=1S/2Mg.H3N.H3O4P/c;;;1-5(2,3)4/h;;1H3;(H3,1,2,3,4)/q2*+2;;. The topological polar surface area (TPSA) is 113 Å². The first-order chi connectivity index (χ1) is 2.00. The maximum Gasteiger partial charge on any atom is 2.00 e. The molecule has 40 valence electrons. The first-order valence-electron chi connectivity index (χ1n) is 0.783. The summed E-state index contributed by atoms with van der Waals surface area (Å²) in [5.41, 5.74) is 0. The molecule has 0 aliphatic heterocycles. The summed E-state index contributed by atoms with van der Waals surface area (Å²) < 4.78 is 8.88. The molecular formula is H6Mg2NO4P+4. The van der Waals surface area contributed by atoms with Crippen LogP contribution in [0.4, 0.5) is 0 Å². The largest absolute Gasteiger partial charge is 2.00 e. The Morgan fingerprint density at radius 2 is 1.00 bits per heavy atom. The molecule has 8 heteroatoms. The normalized spacial score (nSPS) is 7.38. The van der Waals surface area contributed by atoms with Crippen LogP contribution in [0.15, 0.2) is 0 Å². The van der Waals surface area contributed by atoms with Gasteiger partial charge in [-0.3, -0.25) is 0 Å². The fraction of sp³-hybridized carbons (Fsp3) is 0. The van der Waals surface area contributed by atoms with E-state index in [1.54, 1.807) is 0 Å². The van der Waals surface area contributed by atoms with Crippen LogP contribution in [-0.2, 0) is 4.57 Å². The van der Waals surface area contributed by atoms with Crippen molar-refractivity contribution in [3.63, 3.8) is 0 Å². The Morgan fingerprint density at radius 1 is 1.00 bits per heavy atom. The molecule has 0 unspecified atom stereocenters. The Morgan fingerprint density at radius 3 is 1.00 bits per heavy atom. The maximum absolute atomic E-state index is 8.88. The van der Waals surface area contributed by atoms with E-state index < -0.39 is 7.82 Å². The van der Waals surface area contributed by atoms with Crippen molar-refractivity contribution >= 4 is 53.9 Å². The summed E-state index contributed by atoms with van der Waals surface area (Å²) in [6.07, 6.45) is 0. The van der Waals surface area contributed by atoms with Gasteiger partial charge in [-0.15, -0.1) is 0 Å². The van der Waals surface area contributed by atoms with Crippen molar-refractivity contribution in [3.05, 3.63) is 0 Å². The van der Waals surface area contributed by atoms with Crippen molar-refractivity contribution in [2.24, 2.45) is 0 Å². The van der Waals surface area contributed by atoms with Crippen molar-refractivity contribution in [2.45, 2.75) is 0 Å². The fourth-order valence-electron chi connectivity index (χ4n) is 0. The zero-order valence-corrected chi connectivity index (χ0v) is 8.04. The molecule has 6 N–H and O–H groups in total. The van der Waals surface area contributed by atoms with Gasteiger partial charge in [0, 0.05) is 0 Å². The third-order valence-electron chi connectivity index (χ3n) is 0. The first-order valence-corrected chi connectivity index (χ1v) is 2.35. The average molecular weight is 164 g/mol. The third-order valence-corrected chi connectivity index (χ3v) is 0. The van der Waals surface area contributed by atoms with Crippen molar-refractivity contribution in [3.8, 4) is 0 Å². The molecule has 0 atom stereocenters. The van der Waals surface area contributed by atoms with Gasteiger partial charge in [-0.1, -0.05) is 0 Å². The van der Waals surface area contributed by atoms with E-state index in [-0.39, 0.29) is 52.3 Å². The predicted molar refractivity (Wildman–Crippen MR) is 30.8 cm³/mol. The molecular weight excluding hydrogens is 158 g/mol. The Labute approximate surface area is 79.0 Å². The Balaban J connectivity index is -0.0000000267. The van der Waals surface area contributed by atoms with Crippen LogP contribution in [0, 0.1) is 0 Å². The van der Waals surface area contributed by atoms with E-state index in [2.05, 4.69) is 0 Å². The van der Waals surface area contributed by atoms with Crippen LogP contribution in [0.1, 0.15) is 0 Å². The molecule has 0 aliphatic carbocycles. The molecule has 0 radical (unpaired) electrons. The number of phosphoric acid groups is 1. The van der Waals surface area contributed by atoms with Gasteiger partial charge in [-0.05, 0) is 0 Å². The number of hydrogen-bond donors (Lipinski definition) is 4. The molecule has 0 saturated carbocycles. The van der Waals surface area contributed by atoms with E-state index >= 15 is 0 Å². The molecule has 0 heterocycles. The molecule has 0 fully saturated rings. The van der Waals surface area contributed by atoms with E-state index in [1.165, 1.54) is 0 Å². The summed E-state index contributed by atoms with van der Waals surface area (Å²) in [7, 11) is -4.64. The van der Waals surface area contributed by atoms with Gasteiger partial charge in [0.15, 0.2) is 0 Å². The fourth-order valence-corrected chi connectivity index (χ4v) is 0. The van der Waals surface area contributed by atoms with Crippen molar-refractivity contribution < 1.29 is 19.2 Å². The molecule has 0 aliphatic rings. The molecule has 0 aromatic carbocycles. The molecule has 0 amide bonds. The van der Waals surface area contributed by atoms with E-state index in [9.17, 15) is 0 Å². The van der Waals surface area contributed by atoms with Gasteiger partial charge in [0.1, 0.15) is 0 Å². The van der Waals surface area contributed by atoms with Crippen LogP contribution < -0.4 is 6.15 Å². The number of hydrogen-bond acceptors (Lipinski definition) is 2. The first kappa shape index (κ1) is 22.6. The zero-order valence-electron chi connectivity index (χ0n) is 4.32. The monoisotopic (exact) mass is 163 g/mol. The minimum atomic E-state index is -4.64. The van der Waals surface area contributed by atoms with Gasteiger partial charge >= 0.3 is 53.9 Å². The summed E-state index contributed by atoms with van der Waals surface area (Å²) in [5.74, 6) is 0. The Kier molecular flexibility index (Phi) is 24.3. The van der Waals surface area contributed by atoms with Gasteiger partial charge in [0.2, 0.25) is 0 Å².